The number of carbonyl (C=O) groups excluding carboxylic acids is 1. The first kappa shape index (κ1) is 22.3. The average molecular weight is 460 g/mol. The number of nitrogens with zero attached hydrogens (tertiary/aromatic N) is 2. The fraction of sp³-hybridized carbons (Fsp3) is 0.333. The maximum atomic E-state index is 14.6. The Hall–Kier alpha value is -3.45. The first-order valence-electron chi connectivity index (χ1n) is 11.9. The fourth-order valence-corrected chi connectivity index (χ4v) is 4.82. The van der Waals surface area contributed by atoms with E-state index in [1.54, 1.807) is 19.2 Å². The number of piperidine rings is 1. The molecule has 2 aliphatic rings. The zero-order valence-corrected chi connectivity index (χ0v) is 19.8. The molecule has 6 nitrogen and oxygen atoms in total. The lowest BCUT2D eigenvalue weighted by molar-refractivity contribution is -0.110. The van der Waals surface area contributed by atoms with Gasteiger partial charge in [0, 0.05) is 53.5 Å². The van der Waals surface area contributed by atoms with Crippen molar-refractivity contribution in [3.63, 3.8) is 0 Å². The number of fused-ring (bicyclic) bond motifs is 1. The van der Waals surface area contributed by atoms with Gasteiger partial charge in [-0.25, -0.2) is 9.37 Å². The molecule has 1 amide bonds. The van der Waals surface area contributed by atoms with Crippen molar-refractivity contribution in [1.82, 2.24) is 14.9 Å². The average Bonchev–Trinajstić information content (AvgIpc) is 3.40. The SMILES string of the molecule is CCN1CCC(Nc2ccc3c(c2)C(=C(c2ccc(C)c(F)c2)c2ncc(C)[nH]2)C(=O)N3)CC1. The molecule has 1 fully saturated rings. The summed E-state index contributed by atoms with van der Waals surface area (Å²) in [6.07, 6.45) is 3.89. The molecule has 5 rings (SSSR count). The molecule has 2 aromatic carbocycles. The third kappa shape index (κ3) is 4.23. The number of aromatic nitrogens is 2. The van der Waals surface area contributed by atoms with Gasteiger partial charge in [0.05, 0.1) is 5.57 Å². The summed E-state index contributed by atoms with van der Waals surface area (Å²) in [5.74, 6) is 0.0174. The maximum absolute atomic E-state index is 14.6. The van der Waals surface area contributed by atoms with Gasteiger partial charge in [-0.2, -0.15) is 0 Å². The number of halogens is 1. The number of aryl methyl sites for hydroxylation is 2. The van der Waals surface area contributed by atoms with E-state index in [9.17, 15) is 9.18 Å². The molecule has 0 spiro atoms. The topological polar surface area (TPSA) is 73.0 Å². The summed E-state index contributed by atoms with van der Waals surface area (Å²) in [5.41, 5.74) is 5.65. The number of anilines is 2. The van der Waals surface area contributed by atoms with Crippen molar-refractivity contribution in [2.24, 2.45) is 0 Å². The number of hydrogen-bond acceptors (Lipinski definition) is 4. The van der Waals surface area contributed by atoms with E-state index in [4.69, 9.17) is 0 Å². The summed E-state index contributed by atoms with van der Waals surface area (Å²) in [4.78, 5) is 23.4. The number of carbonyl (C=O) groups is 1. The van der Waals surface area contributed by atoms with Gasteiger partial charge in [0.15, 0.2) is 0 Å². The number of rotatable bonds is 5. The molecule has 0 saturated carbocycles. The molecular formula is C27H30FN5O. The van der Waals surface area contributed by atoms with Gasteiger partial charge in [-0.15, -0.1) is 0 Å². The van der Waals surface area contributed by atoms with E-state index in [-0.39, 0.29) is 11.7 Å². The number of H-pyrrole nitrogens is 1. The Labute approximate surface area is 199 Å². The molecule has 7 heteroatoms. The predicted molar refractivity (Wildman–Crippen MR) is 134 cm³/mol. The van der Waals surface area contributed by atoms with E-state index in [0.29, 0.717) is 34.1 Å². The Kier molecular flexibility index (Phi) is 5.96. The minimum absolute atomic E-state index is 0.214. The molecule has 3 aromatic rings. The zero-order valence-electron chi connectivity index (χ0n) is 19.8. The van der Waals surface area contributed by atoms with Crippen LogP contribution >= 0.6 is 0 Å². The van der Waals surface area contributed by atoms with Crippen LogP contribution in [0.25, 0.3) is 11.1 Å². The highest BCUT2D eigenvalue weighted by Gasteiger charge is 2.31. The first-order valence-corrected chi connectivity index (χ1v) is 11.9. The molecule has 0 unspecified atom stereocenters. The zero-order chi connectivity index (χ0) is 23.8. The van der Waals surface area contributed by atoms with Gasteiger partial charge < -0.3 is 20.5 Å². The van der Waals surface area contributed by atoms with Crippen LogP contribution in [-0.2, 0) is 4.79 Å². The van der Waals surface area contributed by atoms with Crippen LogP contribution in [0.3, 0.4) is 0 Å². The van der Waals surface area contributed by atoms with Crippen LogP contribution in [0.5, 0.6) is 0 Å². The number of nitrogens with one attached hydrogen (secondary N) is 3. The van der Waals surface area contributed by atoms with Crippen LogP contribution in [0.2, 0.25) is 0 Å². The van der Waals surface area contributed by atoms with E-state index < -0.39 is 0 Å². The van der Waals surface area contributed by atoms with Crippen molar-refractivity contribution in [2.45, 2.75) is 39.7 Å². The molecule has 176 valence electrons. The number of benzene rings is 2. The molecule has 34 heavy (non-hydrogen) atoms. The molecular weight excluding hydrogens is 429 g/mol. The van der Waals surface area contributed by atoms with Crippen molar-refractivity contribution in [3.05, 3.63) is 76.6 Å². The summed E-state index contributed by atoms with van der Waals surface area (Å²) in [7, 11) is 0. The highest BCUT2D eigenvalue weighted by molar-refractivity contribution is 6.38. The normalized spacial score (nSPS) is 18.1. The lowest BCUT2D eigenvalue weighted by atomic mass is 9.93. The smallest absolute Gasteiger partial charge is 0.257 e. The number of hydrogen-bond donors (Lipinski definition) is 3. The lowest BCUT2D eigenvalue weighted by Crippen LogP contribution is -2.38. The monoisotopic (exact) mass is 459 g/mol. The van der Waals surface area contributed by atoms with Gasteiger partial charge in [0.25, 0.3) is 5.91 Å². The number of aromatic amines is 1. The summed E-state index contributed by atoms with van der Waals surface area (Å²) >= 11 is 0. The molecule has 0 radical (unpaired) electrons. The molecule has 0 aliphatic carbocycles. The summed E-state index contributed by atoms with van der Waals surface area (Å²) in [6, 6.07) is 11.4. The third-order valence-electron chi connectivity index (χ3n) is 6.82. The van der Waals surface area contributed by atoms with Crippen molar-refractivity contribution < 1.29 is 9.18 Å². The fourth-order valence-electron chi connectivity index (χ4n) is 4.82. The van der Waals surface area contributed by atoms with Gasteiger partial charge in [-0.3, -0.25) is 4.79 Å². The van der Waals surface area contributed by atoms with E-state index in [2.05, 4.69) is 32.4 Å². The number of imidazole rings is 1. The van der Waals surface area contributed by atoms with Crippen LogP contribution in [0.1, 0.15) is 48.0 Å². The molecule has 2 aliphatic heterocycles. The second-order valence-corrected chi connectivity index (χ2v) is 9.20. The molecule has 1 saturated heterocycles. The Morgan fingerprint density at radius 1 is 1.18 bits per heavy atom. The first-order chi connectivity index (χ1) is 16.4. The van der Waals surface area contributed by atoms with E-state index >= 15 is 0 Å². The highest BCUT2D eigenvalue weighted by Crippen LogP contribution is 2.41. The number of amides is 1. The van der Waals surface area contributed by atoms with Crippen molar-refractivity contribution >= 4 is 28.4 Å². The van der Waals surface area contributed by atoms with E-state index in [1.165, 1.54) is 6.07 Å². The van der Waals surface area contributed by atoms with Gasteiger partial charge in [0.2, 0.25) is 0 Å². The Balaban J connectivity index is 1.58. The van der Waals surface area contributed by atoms with Crippen LogP contribution in [0.4, 0.5) is 15.8 Å². The minimum atomic E-state index is -0.314. The largest absolute Gasteiger partial charge is 0.382 e. The van der Waals surface area contributed by atoms with Gasteiger partial charge in [0.1, 0.15) is 11.6 Å². The Morgan fingerprint density at radius 2 is 1.97 bits per heavy atom. The van der Waals surface area contributed by atoms with Crippen LogP contribution in [-0.4, -0.2) is 46.5 Å². The number of likely N-dealkylation sites (tertiary alicyclic amines) is 1. The maximum Gasteiger partial charge on any atom is 0.257 e. The van der Waals surface area contributed by atoms with Crippen LogP contribution in [0.15, 0.2) is 42.6 Å². The predicted octanol–water partition coefficient (Wildman–Crippen LogP) is 4.97. The van der Waals surface area contributed by atoms with E-state index in [0.717, 1.165) is 55.1 Å². The third-order valence-corrected chi connectivity index (χ3v) is 6.82. The summed E-state index contributed by atoms with van der Waals surface area (Å²) in [6.45, 7) is 9.09. The van der Waals surface area contributed by atoms with Gasteiger partial charge >= 0.3 is 0 Å². The minimum Gasteiger partial charge on any atom is -0.382 e. The highest BCUT2D eigenvalue weighted by atomic mass is 19.1. The second-order valence-electron chi connectivity index (χ2n) is 9.20. The summed E-state index contributed by atoms with van der Waals surface area (Å²) < 4.78 is 14.6. The molecule has 3 heterocycles. The second kappa shape index (κ2) is 9.06. The lowest BCUT2D eigenvalue weighted by Gasteiger charge is -2.32. The molecule has 1 aromatic heterocycles. The summed E-state index contributed by atoms with van der Waals surface area (Å²) in [5, 5.41) is 6.64. The quantitative estimate of drug-likeness (QED) is 0.471. The van der Waals surface area contributed by atoms with E-state index in [1.807, 2.05) is 31.2 Å². The van der Waals surface area contributed by atoms with Crippen LogP contribution < -0.4 is 10.6 Å². The standard InChI is InChI=1S/C27H30FN5O/c1-4-33-11-9-19(10-12-33)31-20-7-8-23-21(14-20)25(27(34)32-23)24(26-29-15-17(3)30-26)18-6-5-16(2)22(28)13-18/h5-8,13-15,19,31H,4,9-12H2,1-3H3,(H,29,30)(H,32,34). The Bertz CT molecular complexity index is 1270. The van der Waals surface area contributed by atoms with Crippen molar-refractivity contribution in [2.75, 3.05) is 30.3 Å². The molecule has 0 atom stereocenters. The molecule has 0 bridgehead atoms. The Morgan fingerprint density at radius 3 is 2.65 bits per heavy atom. The molecule has 3 N–H and O–H groups in total. The van der Waals surface area contributed by atoms with Crippen molar-refractivity contribution in [3.8, 4) is 0 Å². The van der Waals surface area contributed by atoms with Crippen molar-refractivity contribution in [1.29, 1.82) is 0 Å². The van der Waals surface area contributed by atoms with Gasteiger partial charge in [-0.05, 0) is 68.6 Å². The van der Waals surface area contributed by atoms with Crippen LogP contribution in [0, 0.1) is 19.7 Å². The van der Waals surface area contributed by atoms with Gasteiger partial charge in [-0.1, -0.05) is 19.1 Å².